The fourth-order valence-corrected chi connectivity index (χ4v) is 5.90. The molecule has 178 valence electrons. The minimum atomic E-state index is -4.80. The molecule has 0 fully saturated rings. The Morgan fingerprint density at radius 3 is 2.31 bits per heavy atom. The summed E-state index contributed by atoms with van der Waals surface area (Å²) in [6.45, 7) is 0.539. The predicted octanol–water partition coefficient (Wildman–Crippen LogP) is 2.88. The molecule has 0 spiro atoms. The van der Waals surface area contributed by atoms with Gasteiger partial charge in [0.2, 0.25) is 0 Å². The summed E-state index contributed by atoms with van der Waals surface area (Å²) in [4.78, 5) is 18.1. The van der Waals surface area contributed by atoms with Crippen LogP contribution in [0.15, 0.2) is 65.8 Å². The maximum Gasteiger partial charge on any atom is 1.00 e. The second-order valence-electron chi connectivity index (χ2n) is 7.89. The predicted molar refractivity (Wildman–Crippen MR) is 125 cm³/mol. The van der Waals surface area contributed by atoms with E-state index in [4.69, 9.17) is 0 Å². The van der Waals surface area contributed by atoms with Gasteiger partial charge in [-0.2, -0.15) is 0 Å². The zero-order valence-electron chi connectivity index (χ0n) is 19.0. The Bertz CT molecular complexity index is 1590. The van der Waals surface area contributed by atoms with Crippen molar-refractivity contribution in [3.63, 3.8) is 0 Å². The zero-order valence-corrected chi connectivity index (χ0v) is 22.6. The van der Waals surface area contributed by atoms with Gasteiger partial charge in [-0.15, -0.1) is 17.0 Å². The first kappa shape index (κ1) is 26.4. The van der Waals surface area contributed by atoms with Gasteiger partial charge in [0.05, 0.1) is 0 Å². The average molecular weight is 538 g/mol. The molecule has 36 heavy (non-hydrogen) atoms. The number of sulfonamides is 1. The van der Waals surface area contributed by atoms with E-state index in [2.05, 4.69) is 9.71 Å². The van der Waals surface area contributed by atoms with Crippen molar-refractivity contribution in [1.29, 1.82) is 0 Å². The van der Waals surface area contributed by atoms with Crippen molar-refractivity contribution in [2.45, 2.75) is 11.4 Å². The van der Waals surface area contributed by atoms with E-state index in [-0.39, 0.29) is 53.3 Å². The number of hydrogen-bond donors (Lipinski definition) is 0. The summed E-state index contributed by atoms with van der Waals surface area (Å²) in [6, 6.07) is 11.3. The van der Waals surface area contributed by atoms with Crippen LogP contribution in [0.25, 0.3) is 25.6 Å². The van der Waals surface area contributed by atoms with Crippen molar-refractivity contribution in [3.8, 4) is 20.9 Å². The van der Waals surface area contributed by atoms with Gasteiger partial charge in [-0.05, 0) is 35.4 Å². The van der Waals surface area contributed by atoms with Crippen LogP contribution in [-0.2, 0) is 16.6 Å². The molecule has 0 bridgehead atoms. The van der Waals surface area contributed by atoms with Crippen LogP contribution in [0.5, 0.6) is 0 Å². The molecule has 1 amide bonds. The van der Waals surface area contributed by atoms with Crippen LogP contribution in [0.4, 0.5) is 18.9 Å². The fourth-order valence-electron chi connectivity index (χ4n) is 3.84. The minimum absolute atomic E-state index is 0. The first-order valence-electron chi connectivity index (χ1n) is 10.2. The topological polar surface area (TPSA) is 81.4 Å². The molecule has 5 rings (SSSR count). The Hall–Kier alpha value is -2.70. The standard InChI is InChI=1S/C24H15F3N3O3S2.Na/c1-30-12-15-6-13(2-3-18(15)24(30)31)21-4-5-22(34-21)14-7-17(11-28-10-14)29-35(32,33)23-19(26)8-16(25)9-20(23)27;/h2-11H,12H2,1H3;/q-1;+1. The maximum atomic E-state index is 14.0. The molecule has 1 aliphatic heterocycles. The van der Waals surface area contributed by atoms with E-state index >= 15 is 0 Å². The number of aromatic nitrogens is 1. The van der Waals surface area contributed by atoms with E-state index in [1.54, 1.807) is 18.0 Å². The van der Waals surface area contributed by atoms with Crippen LogP contribution in [0.1, 0.15) is 15.9 Å². The SMILES string of the molecule is CN1Cc2cc(-c3ccc(-c4cncc([N-]S(=O)(=O)c5c(F)cc(F)cc5F)c4)s3)ccc2C1=O.[Na+]. The van der Waals surface area contributed by atoms with Crippen molar-refractivity contribution in [2.24, 2.45) is 0 Å². The van der Waals surface area contributed by atoms with E-state index in [1.807, 2.05) is 24.3 Å². The molecular formula is C24H15F3N3NaO3S2. The van der Waals surface area contributed by atoms with Crippen LogP contribution in [0.2, 0.25) is 0 Å². The van der Waals surface area contributed by atoms with Gasteiger partial charge in [0, 0.05) is 59.0 Å². The Balaban J connectivity index is 0.00000304. The number of benzene rings is 2. The second-order valence-corrected chi connectivity index (χ2v) is 10.5. The second kappa shape index (κ2) is 9.98. The fraction of sp³-hybridized carbons (Fsp3) is 0.0833. The Morgan fingerprint density at radius 2 is 1.61 bits per heavy atom. The minimum Gasteiger partial charge on any atom is -0.571 e. The molecule has 0 atom stereocenters. The van der Waals surface area contributed by atoms with E-state index in [1.165, 1.54) is 23.6 Å². The van der Waals surface area contributed by atoms with Crippen molar-refractivity contribution < 1.29 is 55.9 Å². The van der Waals surface area contributed by atoms with Crippen LogP contribution >= 0.6 is 11.3 Å². The molecule has 2 aromatic carbocycles. The number of fused-ring (bicyclic) bond motifs is 1. The molecular weight excluding hydrogens is 522 g/mol. The Morgan fingerprint density at radius 1 is 0.944 bits per heavy atom. The summed E-state index contributed by atoms with van der Waals surface area (Å²) in [5.41, 5.74) is 2.97. The number of amides is 1. The van der Waals surface area contributed by atoms with Crippen molar-refractivity contribution in [1.82, 2.24) is 9.88 Å². The molecule has 3 heterocycles. The smallest absolute Gasteiger partial charge is 0.571 e. The van der Waals surface area contributed by atoms with E-state index in [0.717, 1.165) is 27.1 Å². The van der Waals surface area contributed by atoms with Crippen molar-refractivity contribution in [2.75, 3.05) is 7.05 Å². The van der Waals surface area contributed by atoms with Gasteiger partial charge in [-0.3, -0.25) is 9.78 Å². The van der Waals surface area contributed by atoms with Gasteiger partial charge in [-0.25, -0.2) is 21.6 Å². The summed E-state index contributed by atoms with van der Waals surface area (Å²) in [7, 11) is -3.06. The van der Waals surface area contributed by atoms with E-state index in [0.29, 0.717) is 17.7 Å². The molecule has 0 saturated heterocycles. The quantitative estimate of drug-likeness (QED) is 0.367. The number of halogens is 3. The van der Waals surface area contributed by atoms with Gasteiger partial charge in [0.1, 0.15) is 32.4 Å². The van der Waals surface area contributed by atoms with E-state index < -0.39 is 32.4 Å². The molecule has 4 aromatic rings. The van der Waals surface area contributed by atoms with E-state index in [9.17, 15) is 26.4 Å². The van der Waals surface area contributed by atoms with Gasteiger partial charge in [0.25, 0.3) is 5.91 Å². The number of hydrogen-bond acceptors (Lipinski definition) is 5. The number of carbonyl (C=O) groups excluding carboxylic acids is 1. The summed E-state index contributed by atoms with van der Waals surface area (Å²) >= 11 is 1.42. The average Bonchev–Trinajstić information content (AvgIpc) is 3.37. The molecule has 6 nitrogen and oxygen atoms in total. The van der Waals surface area contributed by atoms with Crippen LogP contribution < -0.4 is 29.6 Å². The number of pyridine rings is 1. The molecule has 12 heteroatoms. The number of nitrogens with zero attached hydrogens (tertiary/aromatic N) is 3. The summed E-state index contributed by atoms with van der Waals surface area (Å²) in [5, 5.41) is 0. The summed E-state index contributed by atoms with van der Waals surface area (Å²) < 4.78 is 69.6. The first-order valence-corrected chi connectivity index (χ1v) is 12.4. The zero-order chi connectivity index (χ0) is 24.9. The summed E-state index contributed by atoms with van der Waals surface area (Å²) in [6.07, 6.45) is 2.65. The molecule has 0 saturated carbocycles. The molecule has 0 N–H and O–H groups in total. The number of rotatable bonds is 5. The summed E-state index contributed by atoms with van der Waals surface area (Å²) in [5.74, 6) is -4.39. The molecule has 0 aliphatic carbocycles. The van der Waals surface area contributed by atoms with Gasteiger partial charge in [-0.1, -0.05) is 12.1 Å². The molecule has 2 aromatic heterocycles. The third-order valence-corrected chi connectivity index (χ3v) is 7.98. The van der Waals surface area contributed by atoms with Crippen molar-refractivity contribution >= 4 is 33.0 Å². The maximum absolute atomic E-state index is 14.0. The van der Waals surface area contributed by atoms with Gasteiger partial charge < -0.3 is 9.62 Å². The van der Waals surface area contributed by atoms with Gasteiger partial charge >= 0.3 is 29.6 Å². The first-order chi connectivity index (χ1) is 16.6. The normalized spacial score (nSPS) is 12.9. The van der Waals surface area contributed by atoms with Crippen molar-refractivity contribution in [3.05, 3.63) is 94.2 Å². The Labute approximate surface area is 231 Å². The molecule has 0 radical (unpaired) electrons. The van der Waals surface area contributed by atoms with Crippen LogP contribution in [0.3, 0.4) is 0 Å². The monoisotopic (exact) mass is 537 g/mol. The number of carbonyl (C=O) groups is 1. The third-order valence-electron chi connectivity index (χ3n) is 5.44. The largest absolute Gasteiger partial charge is 1.00 e. The van der Waals surface area contributed by atoms with Crippen LogP contribution in [0, 0.1) is 17.5 Å². The van der Waals surface area contributed by atoms with Crippen LogP contribution in [-0.4, -0.2) is 31.3 Å². The Kier molecular flexibility index (Phi) is 7.31. The molecule has 1 aliphatic rings. The number of thiophene rings is 1. The molecule has 0 unspecified atom stereocenters. The van der Waals surface area contributed by atoms with Gasteiger partial charge in [0.15, 0.2) is 0 Å². The third kappa shape index (κ3) is 4.94.